The highest BCUT2D eigenvalue weighted by molar-refractivity contribution is 9.11. The molecule has 2 aromatic heterocycles. The van der Waals surface area contributed by atoms with E-state index in [1.807, 2.05) is 6.07 Å². The molecule has 0 aliphatic rings. The molecule has 6 aromatic carbocycles. The van der Waals surface area contributed by atoms with Crippen LogP contribution >= 0.6 is 47.8 Å². The predicted octanol–water partition coefficient (Wildman–Crippen LogP) is 9.51. The monoisotopic (exact) mass is 812 g/mol. The lowest BCUT2D eigenvalue weighted by atomic mass is 10.1. The van der Waals surface area contributed by atoms with Gasteiger partial charge in [0.15, 0.2) is 8.07 Å². The molecule has 0 aliphatic carbocycles. The second-order valence-electron chi connectivity index (χ2n) is 11.6. The molecule has 0 saturated carbocycles. The molecule has 0 atom stereocenters. The third kappa shape index (κ3) is 5.24. The van der Waals surface area contributed by atoms with Gasteiger partial charge in [0.05, 0.1) is 16.7 Å². The molecule has 47 heavy (non-hydrogen) atoms. The van der Waals surface area contributed by atoms with Crippen molar-refractivity contribution in [3.63, 3.8) is 0 Å². The Kier molecular flexibility index (Phi) is 8.06. The second kappa shape index (κ2) is 12.5. The number of hydrogen-bond acceptors (Lipinski definition) is 1. The third-order valence-electron chi connectivity index (χ3n) is 8.97. The lowest BCUT2D eigenvalue weighted by molar-refractivity contribution is 1.18. The molecular formula is C41H27Br3N2Si. The van der Waals surface area contributed by atoms with Crippen molar-refractivity contribution in [2.45, 2.75) is 0 Å². The van der Waals surface area contributed by atoms with Crippen LogP contribution in [0.1, 0.15) is 0 Å². The molecule has 0 N–H and O–H groups in total. The summed E-state index contributed by atoms with van der Waals surface area (Å²) in [6.07, 6.45) is 0. The van der Waals surface area contributed by atoms with Crippen molar-refractivity contribution in [2.75, 3.05) is 0 Å². The highest BCUT2D eigenvalue weighted by Gasteiger charge is 2.42. The van der Waals surface area contributed by atoms with Gasteiger partial charge in [-0.2, -0.15) is 0 Å². The molecule has 226 valence electrons. The van der Waals surface area contributed by atoms with E-state index in [2.05, 4.69) is 210 Å². The Balaban J connectivity index is 1.46. The van der Waals surface area contributed by atoms with Gasteiger partial charge in [0.1, 0.15) is 4.60 Å². The Labute approximate surface area is 300 Å². The third-order valence-corrected chi connectivity index (χ3v) is 15.3. The summed E-state index contributed by atoms with van der Waals surface area (Å²) in [4.78, 5) is 4.88. The molecule has 0 spiro atoms. The highest BCUT2D eigenvalue weighted by Crippen LogP contribution is 2.33. The molecule has 8 aromatic rings. The first kappa shape index (κ1) is 30.3. The van der Waals surface area contributed by atoms with Crippen molar-refractivity contribution < 1.29 is 0 Å². The SMILES string of the molecule is Brc1cc(Br)nc(-c2cc([Si](c3ccccc3)(c3ccccc3)c3cccc(-n4c5ccccc5c5ccccc54)c3)ccc2Br)c1. The molecule has 0 amide bonds. The topological polar surface area (TPSA) is 17.8 Å². The van der Waals surface area contributed by atoms with E-state index in [1.54, 1.807) is 0 Å². The van der Waals surface area contributed by atoms with Crippen LogP contribution in [0.2, 0.25) is 0 Å². The normalized spacial score (nSPS) is 11.7. The van der Waals surface area contributed by atoms with E-state index in [0.717, 1.165) is 30.5 Å². The lowest BCUT2D eigenvalue weighted by Crippen LogP contribution is -2.74. The number of para-hydroxylation sites is 2. The Morgan fingerprint density at radius 2 is 1.02 bits per heavy atom. The summed E-state index contributed by atoms with van der Waals surface area (Å²) < 4.78 is 5.17. The summed E-state index contributed by atoms with van der Waals surface area (Å²) in [5.41, 5.74) is 5.50. The second-order valence-corrected chi connectivity index (χ2v) is 18.0. The van der Waals surface area contributed by atoms with Gasteiger partial charge in [-0.15, -0.1) is 0 Å². The largest absolute Gasteiger partial charge is 0.309 e. The fraction of sp³-hybridized carbons (Fsp3) is 0. The molecule has 8 rings (SSSR count). The van der Waals surface area contributed by atoms with Crippen LogP contribution in [0.15, 0.2) is 177 Å². The fourth-order valence-electron chi connectivity index (χ4n) is 7.01. The molecule has 0 fully saturated rings. The van der Waals surface area contributed by atoms with Crippen LogP contribution in [0.25, 0.3) is 38.8 Å². The molecule has 0 bridgehead atoms. The molecule has 0 radical (unpaired) electrons. The van der Waals surface area contributed by atoms with Gasteiger partial charge in [-0.05, 0) is 79.1 Å². The van der Waals surface area contributed by atoms with Crippen LogP contribution in [0.4, 0.5) is 0 Å². The Morgan fingerprint density at radius 3 is 1.64 bits per heavy atom. The van der Waals surface area contributed by atoms with Gasteiger partial charge >= 0.3 is 0 Å². The maximum absolute atomic E-state index is 4.88. The van der Waals surface area contributed by atoms with E-state index in [1.165, 1.54) is 42.6 Å². The zero-order valence-electron chi connectivity index (χ0n) is 25.1. The highest BCUT2D eigenvalue weighted by atomic mass is 79.9. The fourth-order valence-corrected chi connectivity index (χ4v) is 13.4. The molecule has 2 heterocycles. The van der Waals surface area contributed by atoms with Crippen molar-refractivity contribution >= 4 is 98.4 Å². The summed E-state index contributed by atoms with van der Waals surface area (Å²) in [7, 11) is -2.88. The average molecular weight is 815 g/mol. The maximum atomic E-state index is 4.88. The van der Waals surface area contributed by atoms with Crippen molar-refractivity contribution in [1.29, 1.82) is 0 Å². The summed E-state index contributed by atoms with van der Waals surface area (Å²) in [5, 5.41) is 7.75. The van der Waals surface area contributed by atoms with E-state index in [-0.39, 0.29) is 0 Å². The van der Waals surface area contributed by atoms with Crippen LogP contribution in [-0.4, -0.2) is 17.6 Å². The number of halogens is 3. The van der Waals surface area contributed by atoms with E-state index in [9.17, 15) is 0 Å². The van der Waals surface area contributed by atoms with Crippen molar-refractivity contribution in [3.05, 3.63) is 177 Å². The summed E-state index contributed by atoms with van der Waals surface area (Å²) in [6, 6.07) is 59.7. The van der Waals surface area contributed by atoms with Crippen molar-refractivity contribution in [2.24, 2.45) is 0 Å². The average Bonchev–Trinajstić information content (AvgIpc) is 3.44. The Bertz CT molecular complexity index is 2290. The van der Waals surface area contributed by atoms with Crippen molar-refractivity contribution in [1.82, 2.24) is 9.55 Å². The van der Waals surface area contributed by atoms with Crippen LogP contribution in [0, 0.1) is 0 Å². The number of nitrogens with zero attached hydrogens (tertiary/aromatic N) is 2. The van der Waals surface area contributed by atoms with Gasteiger partial charge in [0, 0.05) is 31.0 Å². The Hall–Kier alpha value is -4.07. The van der Waals surface area contributed by atoms with Crippen LogP contribution in [0.5, 0.6) is 0 Å². The van der Waals surface area contributed by atoms with Gasteiger partial charge in [-0.1, -0.05) is 153 Å². The first-order valence-corrected chi connectivity index (χ1v) is 19.8. The minimum atomic E-state index is -2.88. The summed E-state index contributed by atoms with van der Waals surface area (Å²) in [6.45, 7) is 0. The molecular weight excluding hydrogens is 788 g/mol. The number of rotatable bonds is 6. The van der Waals surface area contributed by atoms with E-state index < -0.39 is 8.07 Å². The molecule has 0 aliphatic heterocycles. The quantitative estimate of drug-likeness (QED) is 0.0930. The summed E-state index contributed by atoms with van der Waals surface area (Å²) >= 11 is 11.2. The maximum Gasteiger partial charge on any atom is 0.179 e. The zero-order chi connectivity index (χ0) is 32.0. The number of benzene rings is 6. The van der Waals surface area contributed by atoms with E-state index in [0.29, 0.717) is 0 Å². The van der Waals surface area contributed by atoms with Gasteiger partial charge in [-0.3, -0.25) is 0 Å². The molecule has 0 unspecified atom stereocenters. The van der Waals surface area contributed by atoms with Crippen LogP contribution < -0.4 is 20.7 Å². The van der Waals surface area contributed by atoms with Crippen molar-refractivity contribution in [3.8, 4) is 16.9 Å². The number of aromatic nitrogens is 2. The minimum absolute atomic E-state index is 0.785. The summed E-state index contributed by atoms with van der Waals surface area (Å²) in [5.74, 6) is 0. The number of hydrogen-bond donors (Lipinski definition) is 0. The van der Waals surface area contributed by atoms with Crippen LogP contribution in [0.3, 0.4) is 0 Å². The van der Waals surface area contributed by atoms with Gasteiger partial charge in [-0.25, -0.2) is 4.98 Å². The molecule has 6 heteroatoms. The standard InChI is InChI=1S/C41H27Br3N2Si/c42-28-24-38(45-41(44)25-28)36-27-33(22-23-37(36)43)47(30-13-3-1-4-14-30,31-15-5-2-6-16-31)32-17-11-12-29(26-32)46-39-20-9-7-18-34(39)35-19-8-10-21-40(35)46/h1-27H. The lowest BCUT2D eigenvalue weighted by Gasteiger charge is -2.35. The van der Waals surface area contributed by atoms with Gasteiger partial charge < -0.3 is 4.57 Å². The molecule has 0 saturated heterocycles. The van der Waals surface area contributed by atoms with Gasteiger partial charge in [0.2, 0.25) is 0 Å². The van der Waals surface area contributed by atoms with Crippen LogP contribution in [-0.2, 0) is 0 Å². The van der Waals surface area contributed by atoms with E-state index in [4.69, 9.17) is 4.98 Å². The minimum Gasteiger partial charge on any atom is -0.309 e. The predicted molar refractivity (Wildman–Crippen MR) is 211 cm³/mol. The first-order valence-electron chi connectivity index (χ1n) is 15.4. The molecule has 2 nitrogen and oxygen atoms in total. The smallest absolute Gasteiger partial charge is 0.179 e. The number of fused-ring (bicyclic) bond motifs is 3. The Morgan fingerprint density at radius 1 is 0.468 bits per heavy atom. The van der Waals surface area contributed by atoms with Gasteiger partial charge in [0.25, 0.3) is 0 Å². The van der Waals surface area contributed by atoms with E-state index >= 15 is 0 Å². The zero-order valence-corrected chi connectivity index (χ0v) is 30.9. The number of pyridine rings is 1. The first-order chi connectivity index (χ1) is 23.0.